The number of hydrogen-bond acceptors (Lipinski definition) is 3. The molecule has 1 atom stereocenters. The predicted molar refractivity (Wildman–Crippen MR) is 81.2 cm³/mol. The molecule has 0 spiro atoms. The summed E-state index contributed by atoms with van der Waals surface area (Å²) in [7, 11) is 0. The smallest absolute Gasteiger partial charge is 0.130 e. The largest absolute Gasteiger partial charge is 0.304 e. The van der Waals surface area contributed by atoms with E-state index in [1.54, 1.807) is 18.3 Å². The molecule has 1 aromatic heterocycles. The molecule has 0 saturated heterocycles. The number of nitrogens with zero attached hydrogens (tertiary/aromatic N) is 1. The van der Waals surface area contributed by atoms with Crippen LogP contribution in [0.25, 0.3) is 10.2 Å². The second-order valence-electron chi connectivity index (χ2n) is 4.81. The molecule has 0 amide bonds. The number of para-hydroxylation sites is 1. The molecule has 0 aliphatic rings. The number of halogens is 2. The molecule has 1 heterocycles. The van der Waals surface area contributed by atoms with Crippen molar-refractivity contribution in [2.75, 3.05) is 0 Å². The lowest BCUT2D eigenvalue weighted by Crippen LogP contribution is -2.20. The molecule has 3 aromatic rings. The van der Waals surface area contributed by atoms with Gasteiger partial charge in [-0.2, -0.15) is 0 Å². The van der Waals surface area contributed by atoms with Crippen LogP contribution in [-0.2, 0) is 6.54 Å². The van der Waals surface area contributed by atoms with Gasteiger partial charge in [-0.3, -0.25) is 0 Å². The second kappa shape index (κ2) is 5.87. The van der Waals surface area contributed by atoms with Gasteiger partial charge in [0.15, 0.2) is 0 Å². The van der Waals surface area contributed by atoms with E-state index >= 15 is 0 Å². The molecule has 5 heteroatoms. The van der Waals surface area contributed by atoms with E-state index in [-0.39, 0.29) is 5.56 Å². The third kappa shape index (κ3) is 2.94. The monoisotopic (exact) mass is 304 g/mol. The van der Waals surface area contributed by atoms with Crippen LogP contribution in [0.15, 0.2) is 42.5 Å². The van der Waals surface area contributed by atoms with Gasteiger partial charge in [-0.15, -0.1) is 11.3 Å². The van der Waals surface area contributed by atoms with Crippen LogP contribution >= 0.6 is 11.3 Å². The van der Waals surface area contributed by atoms with E-state index in [1.807, 2.05) is 24.3 Å². The van der Waals surface area contributed by atoms with Gasteiger partial charge in [-0.05, 0) is 31.2 Å². The van der Waals surface area contributed by atoms with E-state index < -0.39 is 17.7 Å². The molecule has 0 aliphatic heterocycles. The molecule has 1 unspecified atom stereocenters. The van der Waals surface area contributed by atoms with Crippen molar-refractivity contribution in [1.82, 2.24) is 10.3 Å². The lowest BCUT2D eigenvalue weighted by atomic mass is 10.1. The molecule has 0 aliphatic carbocycles. The Morgan fingerprint density at radius 2 is 1.81 bits per heavy atom. The van der Waals surface area contributed by atoms with Crippen molar-refractivity contribution < 1.29 is 8.78 Å². The van der Waals surface area contributed by atoms with Gasteiger partial charge in [0.1, 0.15) is 16.6 Å². The third-order valence-electron chi connectivity index (χ3n) is 3.33. The van der Waals surface area contributed by atoms with Gasteiger partial charge in [0.05, 0.1) is 10.2 Å². The Bertz CT molecular complexity index is 717. The normalized spacial score (nSPS) is 12.7. The highest BCUT2D eigenvalue weighted by molar-refractivity contribution is 7.18. The summed E-state index contributed by atoms with van der Waals surface area (Å²) in [6.07, 6.45) is 0. The van der Waals surface area contributed by atoms with Crippen LogP contribution in [0.2, 0.25) is 0 Å². The van der Waals surface area contributed by atoms with Gasteiger partial charge in [0, 0.05) is 18.2 Å². The number of thiazole rings is 1. The fraction of sp³-hybridized carbons (Fsp3) is 0.188. The number of hydrogen-bond donors (Lipinski definition) is 1. The summed E-state index contributed by atoms with van der Waals surface area (Å²) in [4.78, 5) is 4.49. The van der Waals surface area contributed by atoms with Gasteiger partial charge >= 0.3 is 0 Å². The van der Waals surface area contributed by atoms with Gasteiger partial charge in [0.25, 0.3) is 0 Å². The molecule has 0 bridgehead atoms. The van der Waals surface area contributed by atoms with Crippen molar-refractivity contribution in [3.8, 4) is 0 Å². The Kier molecular flexibility index (Phi) is 3.94. The Balaban J connectivity index is 1.75. The van der Waals surface area contributed by atoms with E-state index in [4.69, 9.17) is 0 Å². The maximum absolute atomic E-state index is 13.7. The first-order valence-electron chi connectivity index (χ1n) is 6.67. The van der Waals surface area contributed by atoms with Crippen molar-refractivity contribution in [2.45, 2.75) is 19.5 Å². The van der Waals surface area contributed by atoms with E-state index in [0.29, 0.717) is 6.54 Å². The lowest BCUT2D eigenvalue weighted by Gasteiger charge is -2.14. The van der Waals surface area contributed by atoms with Crippen LogP contribution in [-0.4, -0.2) is 4.98 Å². The summed E-state index contributed by atoms with van der Waals surface area (Å²) in [6.45, 7) is 2.23. The van der Waals surface area contributed by atoms with Crippen LogP contribution in [0.5, 0.6) is 0 Å². The molecule has 3 rings (SSSR count). The molecule has 0 radical (unpaired) electrons. The number of benzene rings is 2. The van der Waals surface area contributed by atoms with Crippen molar-refractivity contribution in [2.24, 2.45) is 0 Å². The summed E-state index contributed by atoms with van der Waals surface area (Å²) in [5.41, 5.74) is 1.02. The number of nitrogens with one attached hydrogen (secondary N) is 1. The summed E-state index contributed by atoms with van der Waals surface area (Å²) >= 11 is 1.58. The Hall–Kier alpha value is -1.85. The standard InChI is InChI=1S/C16H14F2N2S/c1-10(16-11(17)5-4-6-12(16)18)19-9-15-20-13-7-2-3-8-14(13)21-15/h2-8,10,19H,9H2,1H3. The van der Waals surface area contributed by atoms with E-state index in [2.05, 4.69) is 10.3 Å². The molecule has 21 heavy (non-hydrogen) atoms. The molecule has 108 valence electrons. The minimum Gasteiger partial charge on any atom is -0.304 e. The number of fused-ring (bicyclic) bond motifs is 1. The lowest BCUT2D eigenvalue weighted by molar-refractivity contribution is 0.487. The molecule has 1 N–H and O–H groups in total. The molecule has 2 aromatic carbocycles. The molecular formula is C16H14F2N2S. The molecule has 0 saturated carbocycles. The van der Waals surface area contributed by atoms with Crippen molar-refractivity contribution in [3.63, 3.8) is 0 Å². The van der Waals surface area contributed by atoms with Crippen LogP contribution in [0.4, 0.5) is 8.78 Å². The van der Waals surface area contributed by atoms with Crippen molar-refractivity contribution >= 4 is 21.6 Å². The SMILES string of the molecule is CC(NCc1nc2ccccc2s1)c1c(F)cccc1F. The summed E-state index contributed by atoms with van der Waals surface area (Å²) in [6, 6.07) is 11.4. The van der Waals surface area contributed by atoms with Gasteiger partial charge < -0.3 is 5.32 Å². The first-order valence-corrected chi connectivity index (χ1v) is 7.48. The molecule has 2 nitrogen and oxygen atoms in total. The zero-order chi connectivity index (χ0) is 14.8. The zero-order valence-electron chi connectivity index (χ0n) is 11.4. The highest BCUT2D eigenvalue weighted by Crippen LogP contribution is 2.24. The maximum atomic E-state index is 13.7. The highest BCUT2D eigenvalue weighted by Gasteiger charge is 2.16. The van der Waals surface area contributed by atoms with E-state index in [0.717, 1.165) is 15.2 Å². The fourth-order valence-corrected chi connectivity index (χ4v) is 3.18. The Labute approximate surface area is 125 Å². The average Bonchev–Trinajstić information content (AvgIpc) is 2.87. The maximum Gasteiger partial charge on any atom is 0.130 e. The quantitative estimate of drug-likeness (QED) is 0.771. The first-order chi connectivity index (χ1) is 10.1. The minimum absolute atomic E-state index is 0.0682. The summed E-state index contributed by atoms with van der Waals surface area (Å²) < 4.78 is 28.5. The van der Waals surface area contributed by atoms with E-state index in [1.165, 1.54) is 18.2 Å². The van der Waals surface area contributed by atoms with Crippen LogP contribution in [0, 0.1) is 11.6 Å². The highest BCUT2D eigenvalue weighted by atomic mass is 32.1. The minimum atomic E-state index is -0.528. The Morgan fingerprint density at radius 3 is 2.52 bits per heavy atom. The van der Waals surface area contributed by atoms with Crippen LogP contribution < -0.4 is 5.32 Å². The topological polar surface area (TPSA) is 24.9 Å². The van der Waals surface area contributed by atoms with Gasteiger partial charge in [-0.1, -0.05) is 18.2 Å². The fourth-order valence-electron chi connectivity index (χ4n) is 2.26. The number of rotatable bonds is 4. The van der Waals surface area contributed by atoms with Crippen molar-refractivity contribution in [3.05, 3.63) is 64.7 Å². The number of aromatic nitrogens is 1. The van der Waals surface area contributed by atoms with Crippen LogP contribution in [0.1, 0.15) is 23.5 Å². The van der Waals surface area contributed by atoms with Crippen molar-refractivity contribution in [1.29, 1.82) is 0 Å². The zero-order valence-corrected chi connectivity index (χ0v) is 12.3. The summed E-state index contributed by atoms with van der Waals surface area (Å²) in [5.74, 6) is -1.06. The average molecular weight is 304 g/mol. The molecule has 0 fully saturated rings. The summed E-state index contributed by atoms with van der Waals surface area (Å²) in [5, 5.41) is 4.03. The van der Waals surface area contributed by atoms with Gasteiger partial charge in [-0.25, -0.2) is 13.8 Å². The second-order valence-corrected chi connectivity index (χ2v) is 5.93. The van der Waals surface area contributed by atoms with E-state index in [9.17, 15) is 8.78 Å². The Morgan fingerprint density at radius 1 is 1.10 bits per heavy atom. The van der Waals surface area contributed by atoms with Gasteiger partial charge in [0.2, 0.25) is 0 Å². The molecular weight excluding hydrogens is 290 g/mol. The predicted octanol–water partition coefficient (Wildman–Crippen LogP) is 4.43. The van der Waals surface area contributed by atoms with Crippen LogP contribution in [0.3, 0.4) is 0 Å². The third-order valence-corrected chi connectivity index (χ3v) is 4.37. The first kappa shape index (κ1) is 14.1.